The molecule has 2 aromatic rings. The Balaban J connectivity index is 1.92. The van der Waals surface area contributed by atoms with Crippen molar-refractivity contribution in [3.8, 4) is 0 Å². The number of anilines is 2. The maximum absolute atomic E-state index is 5.68. The van der Waals surface area contributed by atoms with Gasteiger partial charge in [0.25, 0.3) is 0 Å². The van der Waals surface area contributed by atoms with E-state index < -0.39 is 0 Å². The number of halogens is 1. The van der Waals surface area contributed by atoms with E-state index in [1.165, 1.54) is 6.20 Å². The molecule has 0 spiro atoms. The number of nitrogens with two attached hydrogens (primary N) is 1. The summed E-state index contributed by atoms with van der Waals surface area (Å²) in [5.74, 6) is 1.46. The molecule has 16 heavy (non-hydrogen) atoms. The number of nitrogen functional groups attached to an aromatic ring is 1. The van der Waals surface area contributed by atoms with Crippen molar-refractivity contribution in [1.82, 2.24) is 9.97 Å². The third-order valence-corrected chi connectivity index (χ3v) is 2.21. The topological polar surface area (TPSA) is 77.0 Å². The molecule has 0 radical (unpaired) electrons. The number of hydrogen-bond donors (Lipinski definition) is 2. The lowest BCUT2D eigenvalue weighted by atomic mass is 10.3. The van der Waals surface area contributed by atoms with Crippen LogP contribution in [0.4, 0.5) is 11.5 Å². The van der Waals surface area contributed by atoms with Crippen molar-refractivity contribution in [3.05, 3.63) is 35.6 Å². The van der Waals surface area contributed by atoms with Crippen molar-refractivity contribution >= 4 is 23.1 Å². The SMILES string of the molecule is Nc1cnc(Cl)nc1NCCc1ccco1. The van der Waals surface area contributed by atoms with Crippen molar-refractivity contribution < 1.29 is 4.42 Å². The van der Waals surface area contributed by atoms with E-state index in [0.29, 0.717) is 18.1 Å². The summed E-state index contributed by atoms with van der Waals surface area (Å²) >= 11 is 5.66. The highest BCUT2D eigenvalue weighted by Gasteiger charge is 2.02. The molecule has 3 N–H and O–H groups in total. The van der Waals surface area contributed by atoms with Gasteiger partial charge >= 0.3 is 0 Å². The molecule has 0 saturated heterocycles. The number of nitrogens with zero attached hydrogens (tertiary/aromatic N) is 2. The Kier molecular flexibility index (Phi) is 3.26. The van der Waals surface area contributed by atoms with Gasteiger partial charge in [-0.2, -0.15) is 4.98 Å². The molecule has 2 aromatic heterocycles. The Morgan fingerprint density at radius 2 is 2.38 bits per heavy atom. The number of rotatable bonds is 4. The van der Waals surface area contributed by atoms with Crippen molar-refractivity contribution in [2.45, 2.75) is 6.42 Å². The highest BCUT2D eigenvalue weighted by atomic mass is 35.5. The van der Waals surface area contributed by atoms with Gasteiger partial charge in [0.05, 0.1) is 18.1 Å². The zero-order valence-corrected chi connectivity index (χ0v) is 9.24. The summed E-state index contributed by atoms with van der Waals surface area (Å²) in [4.78, 5) is 7.75. The van der Waals surface area contributed by atoms with Crippen molar-refractivity contribution in [1.29, 1.82) is 0 Å². The molecule has 2 rings (SSSR count). The minimum Gasteiger partial charge on any atom is -0.469 e. The van der Waals surface area contributed by atoms with E-state index in [0.717, 1.165) is 12.2 Å². The lowest BCUT2D eigenvalue weighted by molar-refractivity contribution is 0.513. The van der Waals surface area contributed by atoms with E-state index in [4.69, 9.17) is 21.8 Å². The second-order valence-corrected chi connectivity index (χ2v) is 3.54. The minimum absolute atomic E-state index is 0.176. The van der Waals surface area contributed by atoms with Gasteiger partial charge in [0.1, 0.15) is 5.76 Å². The van der Waals surface area contributed by atoms with Crippen LogP contribution in [0.15, 0.2) is 29.0 Å². The van der Waals surface area contributed by atoms with Crippen LogP contribution in [0.5, 0.6) is 0 Å². The highest BCUT2D eigenvalue weighted by molar-refractivity contribution is 6.28. The Labute approximate surface area is 97.6 Å². The molecule has 0 saturated carbocycles. The summed E-state index contributed by atoms with van der Waals surface area (Å²) in [7, 11) is 0. The van der Waals surface area contributed by atoms with Gasteiger partial charge in [0, 0.05) is 13.0 Å². The van der Waals surface area contributed by atoms with Crippen LogP contribution in [0.3, 0.4) is 0 Å². The molecule has 0 fully saturated rings. The van der Waals surface area contributed by atoms with Gasteiger partial charge in [-0.15, -0.1) is 0 Å². The monoisotopic (exact) mass is 238 g/mol. The van der Waals surface area contributed by atoms with Crippen molar-refractivity contribution in [2.24, 2.45) is 0 Å². The number of hydrogen-bond acceptors (Lipinski definition) is 5. The van der Waals surface area contributed by atoms with Crippen LogP contribution in [0.25, 0.3) is 0 Å². The van der Waals surface area contributed by atoms with Gasteiger partial charge in [0.15, 0.2) is 5.82 Å². The molecule has 0 atom stereocenters. The molecule has 0 aliphatic carbocycles. The average molecular weight is 239 g/mol. The van der Waals surface area contributed by atoms with Crippen LogP contribution in [0.2, 0.25) is 5.28 Å². The lowest BCUT2D eigenvalue weighted by Gasteiger charge is -2.06. The van der Waals surface area contributed by atoms with Crippen molar-refractivity contribution in [2.75, 3.05) is 17.6 Å². The fraction of sp³-hybridized carbons (Fsp3) is 0.200. The molecular weight excluding hydrogens is 228 g/mol. The second-order valence-electron chi connectivity index (χ2n) is 3.20. The fourth-order valence-corrected chi connectivity index (χ4v) is 1.40. The summed E-state index contributed by atoms with van der Waals surface area (Å²) in [6, 6.07) is 3.77. The van der Waals surface area contributed by atoms with Crippen LogP contribution in [0, 0.1) is 0 Å². The Bertz CT molecular complexity index is 458. The minimum atomic E-state index is 0.176. The molecule has 0 amide bonds. The smallest absolute Gasteiger partial charge is 0.224 e. The van der Waals surface area contributed by atoms with Crippen LogP contribution in [-0.4, -0.2) is 16.5 Å². The van der Waals surface area contributed by atoms with Gasteiger partial charge in [-0.3, -0.25) is 0 Å². The summed E-state index contributed by atoms with van der Waals surface area (Å²) in [5.41, 5.74) is 6.16. The molecule has 0 aliphatic heterocycles. The first kappa shape index (κ1) is 10.8. The van der Waals surface area contributed by atoms with E-state index >= 15 is 0 Å². The van der Waals surface area contributed by atoms with Crippen LogP contribution in [-0.2, 0) is 6.42 Å². The van der Waals surface area contributed by atoms with Crippen LogP contribution < -0.4 is 11.1 Å². The highest BCUT2D eigenvalue weighted by Crippen LogP contribution is 2.15. The van der Waals surface area contributed by atoms with Gasteiger partial charge in [-0.05, 0) is 23.7 Å². The molecule has 84 valence electrons. The molecule has 0 bridgehead atoms. The average Bonchev–Trinajstić information content (AvgIpc) is 2.76. The lowest BCUT2D eigenvalue weighted by Crippen LogP contribution is -2.08. The predicted molar refractivity (Wildman–Crippen MR) is 62.4 cm³/mol. The molecule has 0 aliphatic rings. The number of nitrogens with one attached hydrogen (secondary N) is 1. The zero-order chi connectivity index (χ0) is 11.4. The summed E-state index contributed by atoms with van der Waals surface area (Å²) in [6.07, 6.45) is 3.88. The van der Waals surface area contributed by atoms with E-state index in [9.17, 15) is 0 Å². The molecule has 6 heteroatoms. The molecule has 0 aromatic carbocycles. The first-order valence-electron chi connectivity index (χ1n) is 4.80. The Morgan fingerprint density at radius 3 is 3.12 bits per heavy atom. The molecule has 5 nitrogen and oxygen atoms in total. The van der Waals surface area contributed by atoms with Gasteiger partial charge in [-0.1, -0.05) is 0 Å². The summed E-state index contributed by atoms with van der Waals surface area (Å²) in [5, 5.41) is 3.25. The van der Waals surface area contributed by atoms with E-state index in [1.807, 2.05) is 12.1 Å². The fourth-order valence-electron chi connectivity index (χ4n) is 1.27. The van der Waals surface area contributed by atoms with Crippen LogP contribution >= 0.6 is 11.6 Å². The van der Waals surface area contributed by atoms with Crippen molar-refractivity contribution in [3.63, 3.8) is 0 Å². The molecule has 2 heterocycles. The van der Waals surface area contributed by atoms with E-state index in [1.54, 1.807) is 6.26 Å². The van der Waals surface area contributed by atoms with Gasteiger partial charge < -0.3 is 15.5 Å². The Hall–Kier alpha value is -1.75. The van der Waals surface area contributed by atoms with E-state index in [-0.39, 0.29) is 5.28 Å². The predicted octanol–water partition coefficient (Wildman–Crippen LogP) is 1.96. The van der Waals surface area contributed by atoms with Crippen LogP contribution in [0.1, 0.15) is 5.76 Å². The summed E-state index contributed by atoms with van der Waals surface area (Å²) in [6.45, 7) is 0.672. The molecule has 0 unspecified atom stereocenters. The number of aromatic nitrogens is 2. The molecular formula is C10H11ClN4O. The normalized spacial score (nSPS) is 10.3. The maximum atomic E-state index is 5.68. The first-order valence-corrected chi connectivity index (χ1v) is 5.18. The maximum Gasteiger partial charge on any atom is 0.224 e. The second kappa shape index (κ2) is 4.85. The first-order chi connectivity index (χ1) is 7.75. The van der Waals surface area contributed by atoms with E-state index in [2.05, 4.69) is 15.3 Å². The largest absolute Gasteiger partial charge is 0.469 e. The standard InChI is InChI=1S/C10H11ClN4O/c11-10-14-6-8(12)9(15-10)13-4-3-7-2-1-5-16-7/h1-2,5-6H,3-4,12H2,(H,13,14,15). The van der Waals surface area contributed by atoms with Gasteiger partial charge in [-0.25, -0.2) is 4.98 Å². The third kappa shape index (κ3) is 2.64. The third-order valence-electron chi connectivity index (χ3n) is 2.03. The zero-order valence-electron chi connectivity index (χ0n) is 8.48. The quantitative estimate of drug-likeness (QED) is 0.797. The van der Waals surface area contributed by atoms with Gasteiger partial charge in [0.2, 0.25) is 5.28 Å². The Morgan fingerprint density at radius 1 is 1.50 bits per heavy atom. The number of furan rings is 1. The summed E-state index contributed by atoms with van der Waals surface area (Å²) < 4.78 is 5.20.